The van der Waals surface area contributed by atoms with Gasteiger partial charge in [-0.2, -0.15) is 0 Å². The van der Waals surface area contributed by atoms with Crippen LogP contribution in [0.25, 0.3) is 0 Å². The number of nitrogens with two attached hydrogens (primary N) is 1. The summed E-state index contributed by atoms with van der Waals surface area (Å²) in [5.74, 6) is -0.265. The van der Waals surface area contributed by atoms with Crippen molar-refractivity contribution < 1.29 is 9.53 Å². The number of esters is 1. The minimum Gasteiger partial charge on any atom is -0.458 e. The van der Waals surface area contributed by atoms with Crippen LogP contribution in [0.5, 0.6) is 0 Å². The molecular formula is C7H11NO2. The van der Waals surface area contributed by atoms with Gasteiger partial charge in [0.25, 0.3) is 0 Å². The van der Waals surface area contributed by atoms with Gasteiger partial charge in [0, 0.05) is 19.0 Å². The lowest BCUT2D eigenvalue weighted by molar-refractivity contribution is -0.143. The van der Waals surface area contributed by atoms with Crippen molar-refractivity contribution >= 4 is 5.97 Å². The molecule has 56 valence electrons. The van der Waals surface area contributed by atoms with Gasteiger partial charge in [0.15, 0.2) is 0 Å². The summed E-state index contributed by atoms with van der Waals surface area (Å²) in [5.41, 5.74) is 6.37. The molecule has 0 saturated carbocycles. The topological polar surface area (TPSA) is 52.3 Å². The third kappa shape index (κ3) is 1.57. The van der Waals surface area contributed by atoms with Gasteiger partial charge in [-0.15, -0.1) is 0 Å². The molecule has 0 amide bonds. The maximum Gasteiger partial charge on any atom is 0.331 e. The molecule has 10 heavy (non-hydrogen) atoms. The summed E-state index contributed by atoms with van der Waals surface area (Å²) in [4.78, 5) is 10.7. The fourth-order valence-electron chi connectivity index (χ4n) is 0.991. The van der Waals surface area contributed by atoms with Crippen LogP contribution in [0, 0.1) is 0 Å². The Morgan fingerprint density at radius 2 is 2.60 bits per heavy atom. The molecule has 2 N–H and O–H groups in total. The highest BCUT2D eigenvalue weighted by atomic mass is 16.5. The SMILES string of the molecule is CC1=CC(=O)O[C@@H](CN)C1. The molecule has 0 aromatic rings. The minimum absolute atomic E-state index is 0.0995. The second kappa shape index (κ2) is 2.84. The van der Waals surface area contributed by atoms with Crippen LogP contribution >= 0.6 is 0 Å². The Kier molecular flexibility index (Phi) is 2.06. The first-order valence-electron chi connectivity index (χ1n) is 3.30. The van der Waals surface area contributed by atoms with Crippen LogP contribution in [-0.2, 0) is 9.53 Å². The van der Waals surface area contributed by atoms with E-state index in [0.29, 0.717) is 6.54 Å². The summed E-state index contributed by atoms with van der Waals surface area (Å²) in [6.07, 6.45) is 2.19. The smallest absolute Gasteiger partial charge is 0.331 e. The third-order valence-corrected chi connectivity index (χ3v) is 1.46. The van der Waals surface area contributed by atoms with E-state index in [1.54, 1.807) is 0 Å². The fraction of sp³-hybridized carbons (Fsp3) is 0.571. The van der Waals surface area contributed by atoms with Gasteiger partial charge >= 0.3 is 5.97 Å². The summed E-state index contributed by atoms with van der Waals surface area (Å²) in [6.45, 7) is 2.32. The number of carbonyl (C=O) groups excluding carboxylic acids is 1. The Balaban J connectivity index is 2.60. The second-order valence-electron chi connectivity index (χ2n) is 2.49. The van der Waals surface area contributed by atoms with Gasteiger partial charge in [0.1, 0.15) is 6.10 Å². The first kappa shape index (κ1) is 7.28. The molecule has 0 aromatic heterocycles. The minimum atomic E-state index is -0.265. The van der Waals surface area contributed by atoms with E-state index in [1.165, 1.54) is 6.08 Å². The molecular weight excluding hydrogens is 130 g/mol. The molecule has 3 heteroatoms. The molecule has 1 aliphatic rings. The first-order valence-corrected chi connectivity index (χ1v) is 3.30. The van der Waals surface area contributed by atoms with Crippen molar-refractivity contribution in [3.63, 3.8) is 0 Å². The highest BCUT2D eigenvalue weighted by Crippen LogP contribution is 2.13. The second-order valence-corrected chi connectivity index (χ2v) is 2.49. The molecule has 1 atom stereocenters. The van der Waals surface area contributed by atoms with Crippen molar-refractivity contribution in [1.29, 1.82) is 0 Å². The van der Waals surface area contributed by atoms with Crippen LogP contribution in [-0.4, -0.2) is 18.6 Å². The van der Waals surface area contributed by atoms with Crippen molar-refractivity contribution in [2.75, 3.05) is 6.54 Å². The van der Waals surface area contributed by atoms with Crippen molar-refractivity contribution in [3.05, 3.63) is 11.6 Å². The van der Waals surface area contributed by atoms with Gasteiger partial charge in [-0.1, -0.05) is 5.57 Å². The Morgan fingerprint density at radius 3 is 3.10 bits per heavy atom. The van der Waals surface area contributed by atoms with Crippen LogP contribution in [0.4, 0.5) is 0 Å². The van der Waals surface area contributed by atoms with E-state index in [4.69, 9.17) is 10.5 Å². The molecule has 0 unspecified atom stereocenters. The Bertz CT molecular complexity index is 174. The van der Waals surface area contributed by atoms with E-state index in [2.05, 4.69) is 0 Å². The van der Waals surface area contributed by atoms with Crippen LogP contribution in [0.2, 0.25) is 0 Å². The van der Waals surface area contributed by atoms with E-state index in [9.17, 15) is 4.79 Å². The highest BCUT2D eigenvalue weighted by molar-refractivity contribution is 5.83. The molecule has 0 aliphatic carbocycles. The Labute approximate surface area is 59.8 Å². The van der Waals surface area contributed by atoms with Crippen LogP contribution < -0.4 is 5.73 Å². The van der Waals surface area contributed by atoms with Crippen molar-refractivity contribution in [3.8, 4) is 0 Å². The zero-order valence-corrected chi connectivity index (χ0v) is 5.96. The number of ether oxygens (including phenoxy) is 1. The lowest BCUT2D eigenvalue weighted by Gasteiger charge is -2.19. The number of rotatable bonds is 1. The first-order chi connectivity index (χ1) is 4.72. The normalized spacial score (nSPS) is 25.6. The average molecular weight is 141 g/mol. The van der Waals surface area contributed by atoms with E-state index >= 15 is 0 Å². The number of hydrogen-bond donors (Lipinski definition) is 1. The van der Waals surface area contributed by atoms with E-state index in [1.807, 2.05) is 6.92 Å². The van der Waals surface area contributed by atoms with Crippen LogP contribution in [0.1, 0.15) is 13.3 Å². The molecule has 0 spiro atoms. The summed E-state index contributed by atoms with van der Waals surface area (Å²) in [6, 6.07) is 0. The van der Waals surface area contributed by atoms with E-state index in [0.717, 1.165) is 12.0 Å². The zero-order valence-electron chi connectivity index (χ0n) is 5.96. The van der Waals surface area contributed by atoms with Crippen LogP contribution in [0.15, 0.2) is 11.6 Å². The lowest BCUT2D eigenvalue weighted by atomic mass is 10.1. The zero-order chi connectivity index (χ0) is 7.56. The maximum absolute atomic E-state index is 10.7. The molecule has 0 aromatic carbocycles. The molecule has 1 rings (SSSR count). The molecule has 0 saturated heterocycles. The average Bonchev–Trinajstić information content (AvgIpc) is 1.85. The summed E-state index contributed by atoms with van der Waals surface area (Å²) in [5, 5.41) is 0. The molecule has 1 heterocycles. The van der Waals surface area contributed by atoms with Gasteiger partial charge in [0.05, 0.1) is 0 Å². The number of carbonyl (C=O) groups is 1. The monoisotopic (exact) mass is 141 g/mol. The Morgan fingerprint density at radius 1 is 1.90 bits per heavy atom. The molecule has 0 radical (unpaired) electrons. The van der Waals surface area contributed by atoms with E-state index in [-0.39, 0.29) is 12.1 Å². The number of hydrogen-bond acceptors (Lipinski definition) is 3. The van der Waals surface area contributed by atoms with Crippen molar-refractivity contribution in [1.82, 2.24) is 0 Å². The van der Waals surface area contributed by atoms with Gasteiger partial charge in [0.2, 0.25) is 0 Å². The number of cyclic esters (lactones) is 1. The molecule has 1 aliphatic heterocycles. The van der Waals surface area contributed by atoms with Crippen molar-refractivity contribution in [2.24, 2.45) is 5.73 Å². The summed E-state index contributed by atoms with van der Waals surface area (Å²) < 4.78 is 4.87. The third-order valence-electron chi connectivity index (χ3n) is 1.46. The Hall–Kier alpha value is -0.830. The lowest BCUT2D eigenvalue weighted by Crippen LogP contribution is -2.29. The van der Waals surface area contributed by atoms with Gasteiger partial charge in [-0.25, -0.2) is 4.79 Å². The predicted octanol–water partition coefficient (Wildman–Crippen LogP) is 0.207. The van der Waals surface area contributed by atoms with Gasteiger partial charge in [-0.05, 0) is 6.92 Å². The molecule has 3 nitrogen and oxygen atoms in total. The molecule has 0 bridgehead atoms. The highest BCUT2D eigenvalue weighted by Gasteiger charge is 2.16. The van der Waals surface area contributed by atoms with Gasteiger partial charge in [-0.3, -0.25) is 0 Å². The largest absolute Gasteiger partial charge is 0.458 e. The predicted molar refractivity (Wildman–Crippen MR) is 37.3 cm³/mol. The van der Waals surface area contributed by atoms with E-state index < -0.39 is 0 Å². The summed E-state index contributed by atoms with van der Waals surface area (Å²) >= 11 is 0. The van der Waals surface area contributed by atoms with Crippen molar-refractivity contribution in [2.45, 2.75) is 19.4 Å². The quantitative estimate of drug-likeness (QED) is 0.531. The fourth-order valence-corrected chi connectivity index (χ4v) is 0.991. The molecule has 0 fully saturated rings. The van der Waals surface area contributed by atoms with Gasteiger partial charge < -0.3 is 10.5 Å². The van der Waals surface area contributed by atoms with Crippen LogP contribution in [0.3, 0.4) is 0 Å². The maximum atomic E-state index is 10.7. The standard InChI is InChI=1S/C7H11NO2/c1-5-2-6(4-8)10-7(9)3-5/h3,6H,2,4,8H2,1H3/t6-/m1/s1. The summed E-state index contributed by atoms with van der Waals surface area (Å²) in [7, 11) is 0.